The smallest absolute Gasteiger partial charge is 0.458 e. The molecular formula is C30H33F5N6O2. The molecule has 0 saturated carbocycles. The second-order valence-electron chi connectivity index (χ2n) is 10.8. The Kier molecular flexibility index (Phi) is 8.54. The number of benzene rings is 2. The van der Waals surface area contributed by atoms with Crippen LogP contribution in [0.15, 0.2) is 60.9 Å². The highest BCUT2D eigenvalue weighted by Gasteiger charge is 2.60. The number of likely N-dealkylation sites (tertiary alicyclic amines) is 1. The number of rotatable bonds is 9. The number of halogens is 5. The van der Waals surface area contributed by atoms with Gasteiger partial charge in [0.1, 0.15) is 11.6 Å². The summed E-state index contributed by atoms with van der Waals surface area (Å²) in [5.41, 5.74) is 0.190. The molecule has 13 heteroatoms. The molecule has 0 atom stereocenters. The Hall–Kier alpha value is -4.26. The summed E-state index contributed by atoms with van der Waals surface area (Å²) >= 11 is 0. The summed E-state index contributed by atoms with van der Waals surface area (Å²) in [4.78, 5) is 19.8. The highest BCUT2D eigenvalue weighted by atomic mass is 19.4. The first kappa shape index (κ1) is 30.2. The molecule has 8 nitrogen and oxygen atoms in total. The number of aromatic nitrogens is 3. The normalized spacial score (nSPS) is 15.2. The number of carbonyl (C=O) groups excluding carboxylic acids is 1. The number of aromatic amines is 1. The summed E-state index contributed by atoms with van der Waals surface area (Å²) in [6, 6.07) is 11.5. The monoisotopic (exact) mass is 604 g/mol. The summed E-state index contributed by atoms with van der Waals surface area (Å²) in [7, 11) is 0. The van der Waals surface area contributed by atoms with Gasteiger partial charge in [0, 0.05) is 36.5 Å². The van der Waals surface area contributed by atoms with E-state index in [2.05, 4.69) is 44.6 Å². The van der Waals surface area contributed by atoms with Gasteiger partial charge in [-0.1, -0.05) is 0 Å². The van der Waals surface area contributed by atoms with Crippen molar-refractivity contribution in [1.82, 2.24) is 20.1 Å². The van der Waals surface area contributed by atoms with E-state index in [1.54, 1.807) is 24.4 Å². The number of alkyl halides is 5. The zero-order valence-electron chi connectivity index (χ0n) is 23.5. The molecule has 0 radical (unpaired) electrons. The van der Waals surface area contributed by atoms with E-state index < -0.39 is 29.3 Å². The van der Waals surface area contributed by atoms with Crippen LogP contribution < -0.4 is 15.4 Å². The Balaban J connectivity index is 0.00000442. The third kappa shape index (κ3) is 6.71. The maximum absolute atomic E-state index is 14.5. The van der Waals surface area contributed by atoms with E-state index in [9.17, 15) is 26.7 Å². The van der Waals surface area contributed by atoms with E-state index in [0.717, 1.165) is 49.0 Å². The molecule has 43 heavy (non-hydrogen) atoms. The first-order valence-corrected chi connectivity index (χ1v) is 13.8. The Morgan fingerprint density at radius 1 is 1.09 bits per heavy atom. The summed E-state index contributed by atoms with van der Waals surface area (Å²) in [5, 5.41) is 13.4. The summed E-state index contributed by atoms with van der Waals surface area (Å²) in [6.07, 6.45) is -1.22. The number of hydrogen-bond donors (Lipinski definition) is 3. The number of amides is 1. The fourth-order valence-corrected chi connectivity index (χ4v) is 5.01. The Labute approximate surface area is 246 Å². The van der Waals surface area contributed by atoms with Gasteiger partial charge in [0.05, 0.1) is 29.4 Å². The average molecular weight is 605 g/mol. The molecule has 3 N–H and O–H groups in total. The lowest BCUT2D eigenvalue weighted by Gasteiger charge is -2.34. The van der Waals surface area contributed by atoms with Crippen LogP contribution in [0.3, 0.4) is 0 Å². The fourth-order valence-electron chi connectivity index (χ4n) is 5.01. The number of ether oxygens (including phenoxy) is 1. The molecule has 3 heterocycles. The SMILES string of the molecule is CC(C)N1CCC(COc2cc(NC(=O)c3cccnc3Nc3ccc4cn[nH]c4c3)ccc2C(F)(F)C(F)(F)F)CC1.[HH]. The van der Waals surface area contributed by atoms with Crippen molar-refractivity contribution in [2.75, 3.05) is 30.3 Å². The highest BCUT2D eigenvalue weighted by molar-refractivity contribution is 6.08. The fraction of sp³-hybridized carbons (Fsp3) is 0.367. The van der Waals surface area contributed by atoms with E-state index in [4.69, 9.17) is 4.74 Å². The number of hydrogen-bond acceptors (Lipinski definition) is 6. The van der Waals surface area contributed by atoms with Gasteiger partial charge in [0.2, 0.25) is 0 Å². The number of anilines is 3. The van der Waals surface area contributed by atoms with Crippen molar-refractivity contribution in [2.45, 2.75) is 44.8 Å². The first-order valence-electron chi connectivity index (χ1n) is 13.8. The van der Waals surface area contributed by atoms with Crippen LogP contribution in [0.1, 0.15) is 44.0 Å². The van der Waals surface area contributed by atoms with E-state index in [1.807, 2.05) is 6.07 Å². The van der Waals surface area contributed by atoms with Crippen molar-refractivity contribution in [3.05, 3.63) is 72.1 Å². The molecule has 2 aromatic heterocycles. The van der Waals surface area contributed by atoms with Crippen molar-refractivity contribution in [1.29, 1.82) is 0 Å². The van der Waals surface area contributed by atoms with Crippen LogP contribution >= 0.6 is 0 Å². The second kappa shape index (κ2) is 12.2. The molecule has 1 aliphatic heterocycles. The Bertz CT molecular complexity index is 1590. The molecular weight excluding hydrogens is 571 g/mol. The van der Waals surface area contributed by atoms with E-state index in [1.165, 1.54) is 12.3 Å². The van der Waals surface area contributed by atoms with Crippen LogP contribution in [0.25, 0.3) is 10.9 Å². The maximum Gasteiger partial charge on any atom is 0.458 e. The first-order chi connectivity index (χ1) is 20.4. The summed E-state index contributed by atoms with van der Waals surface area (Å²) in [5.74, 6) is -6.24. The van der Waals surface area contributed by atoms with Gasteiger partial charge in [-0.3, -0.25) is 9.89 Å². The Morgan fingerprint density at radius 3 is 2.56 bits per heavy atom. The van der Waals surface area contributed by atoms with Crippen LogP contribution in [-0.4, -0.2) is 57.9 Å². The van der Waals surface area contributed by atoms with Gasteiger partial charge in [0.15, 0.2) is 0 Å². The minimum absolute atomic E-state index is 0. The number of H-pyrrole nitrogens is 1. The van der Waals surface area contributed by atoms with E-state index in [-0.39, 0.29) is 31.0 Å². The largest absolute Gasteiger partial charge is 0.493 e. The molecule has 0 aliphatic carbocycles. The van der Waals surface area contributed by atoms with Crippen LogP contribution in [0.4, 0.5) is 39.1 Å². The lowest BCUT2D eigenvalue weighted by molar-refractivity contribution is -0.289. The number of fused-ring (bicyclic) bond motifs is 1. The van der Waals surface area contributed by atoms with Crippen molar-refractivity contribution < 1.29 is 32.9 Å². The molecule has 0 unspecified atom stereocenters. The second-order valence-corrected chi connectivity index (χ2v) is 10.8. The van der Waals surface area contributed by atoms with Crippen LogP contribution in [0.2, 0.25) is 0 Å². The van der Waals surface area contributed by atoms with Crippen molar-refractivity contribution >= 4 is 34.0 Å². The van der Waals surface area contributed by atoms with Gasteiger partial charge < -0.3 is 20.3 Å². The molecule has 4 aromatic rings. The van der Waals surface area contributed by atoms with Gasteiger partial charge in [-0.15, -0.1) is 0 Å². The van der Waals surface area contributed by atoms with Gasteiger partial charge in [0.25, 0.3) is 5.91 Å². The van der Waals surface area contributed by atoms with Crippen LogP contribution in [0, 0.1) is 5.92 Å². The number of nitrogens with zero attached hydrogens (tertiary/aromatic N) is 3. The minimum atomic E-state index is -5.83. The van der Waals surface area contributed by atoms with Gasteiger partial charge in [-0.25, -0.2) is 4.98 Å². The van der Waals surface area contributed by atoms with Gasteiger partial charge >= 0.3 is 12.1 Å². The zero-order valence-corrected chi connectivity index (χ0v) is 23.5. The highest BCUT2D eigenvalue weighted by Crippen LogP contribution is 2.48. The van der Waals surface area contributed by atoms with Crippen LogP contribution in [0.5, 0.6) is 5.75 Å². The number of nitrogens with one attached hydrogen (secondary N) is 3. The van der Waals surface area contributed by atoms with Crippen molar-refractivity contribution in [2.24, 2.45) is 5.92 Å². The summed E-state index contributed by atoms with van der Waals surface area (Å²) in [6.45, 7) is 5.69. The van der Waals surface area contributed by atoms with Crippen molar-refractivity contribution in [3.63, 3.8) is 0 Å². The zero-order chi connectivity index (χ0) is 30.8. The Morgan fingerprint density at radius 2 is 1.84 bits per heavy atom. The average Bonchev–Trinajstić information content (AvgIpc) is 3.44. The number of piperidine rings is 1. The lowest BCUT2D eigenvalue weighted by atomic mass is 9.97. The maximum atomic E-state index is 14.5. The standard InChI is InChI=1S/C30H31F5N6O2.H2/c1-18(2)41-12-9-19(10-13-41)17-43-26-15-22(7-8-24(26)29(31,32)30(33,34)35)39-28(42)23-4-3-11-36-27(23)38-21-6-5-20-16-37-40-25(20)14-21;/h3-8,11,14-16,18-19H,9-10,12-13,17H2,1-2H3,(H,36,38)(H,37,40)(H,39,42);1H. The van der Waals surface area contributed by atoms with Gasteiger partial charge in [-0.2, -0.15) is 27.1 Å². The molecule has 2 aromatic carbocycles. The predicted molar refractivity (Wildman–Crippen MR) is 155 cm³/mol. The molecule has 0 spiro atoms. The summed E-state index contributed by atoms with van der Waals surface area (Å²) < 4.78 is 74.6. The van der Waals surface area contributed by atoms with Crippen molar-refractivity contribution in [3.8, 4) is 5.75 Å². The number of carbonyl (C=O) groups is 1. The molecule has 0 bridgehead atoms. The van der Waals surface area contributed by atoms with E-state index >= 15 is 0 Å². The third-order valence-electron chi connectivity index (χ3n) is 7.54. The van der Waals surface area contributed by atoms with Crippen LogP contribution in [-0.2, 0) is 5.92 Å². The quantitative estimate of drug-likeness (QED) is 0.173. The molecule has 1 amide bonds. The topological polar surface area (TPSA) is 95.2 Å². The lowest BCUT2D eigenvalue weighted by Crippen LogP contribution is -2.39. The molecule has 230 valence electrons. The molecule has 5 rings (SSSR count). The van der Waals surface area contributed by atoms with E-state index in [0.29, 0.717) is 17.8 Å². The molecule has 1 fully saturated rings. The predicted octanol–water partition coefficient (Wildman–Crippen LogP) is 7.35. The minimum Gasteiger partial charge on any atom is -0.493 e. The third-order valence-corrected chi connectivity index (χ3v) is 7.54. The molecule has 1 saturated heterocycles. The number of pyridine rings is 1. The molecule has 1 aliphatic rings. The van der Waals surface area contributed by atoms with Gasteiger partial charge in [-0.05, 0) is 88.2 Å².